The standard InChI is InChI=1S/C42H26N12/c1-7-21-43-29(13-1)27-19-20-28-36(35(27)30-14-2-8-22-44-30)41-39(33-17-5-11-25-47-33)37(31-15-3-9-23-45-31)38(32-16-4-10-24-46-32)40(34-18-6-12-26-48-34)53(41)54-42(28)49-50-51-52-54/h1-26H. The molecule has 3 aliphatic rings. The van der Waals surface area contributed by atoms with E-state index >= 15 is 0 Å². The van der Waals surface area contributed by atoms with Crippen LogP contribution in [0.4, 0.5) is 0 Å². The van der Waals surface area contributed by atoms with Crippen LogP contribution in [0.25, 0.3) is 56.4 Å². The van der Waals surface area contributed by atoms with Gasteiger partial charge in [0.05, 0.1) is 39.9 Å². The van der Waals surface area contributed by atoms with E-state index in [1.165, 1.54) is 0 Å². The average Bonchev–Trinajstić information content (AvgIpc) is 3.27. The molecule has 254 valence electrons. The second-order valence-corrected chi connectivity index (χ2v) is 12.3. The summed E-state index contributed by atoms with van der Waals surface area (Å²) >= 11 is 0. The van der Waals surface area contributed by atoms with Crippen LogP contribution < -0.4 is 10.4 Å². The number of rotatable bonds is 6. The molecule has 9 heterocycles. The fourth-order valence-corrected chi connectivity index (χ4v) is 7.18. The van der Waals surface area contributed by atoms with Gasteiger partial charge in [-0.05, 0) is 94.5 Å². The summed E-state index contributed by atoms with van der Waals surface area (Å²) in [5, 5.41) is 22.7. The van der Waals surface area contributed by atoms with Crippen molar-refractivity contribution in [2.24, 2.45) is 20.8 Å². The summed E-state index contributed by atoms with van der Waals surface area (Å²) in [5.41, 5.74) is 9.78. The van der Waals surface area contributed by atoms with Gasteiger partial charge in [0.1, 0.15) is 5.70 Å². The molecule has 0 fully saturated rings. The maximum Gasteiger partial charge on any atom is 0.206 e. The van der Waals surface area contributed by atoms with E-state index in [9.17, 15) is 0 Å². The summed E-state index contributed by atoms with van der Waals surface area (Å²) in [6.45, 7) is 0. The smallest absolute Gasteiger partial charge is 0.206 e. The zero-order valence-electron chi connectivity index (χ0n) is 28.4. The molecule has 0 aliphatic carbocycles. The molecule has 1 aromatic carbocycles. The molecule has 0 bridgehead atoms. The summed E-state index contributed by atoms with van der Waals surface area (Å²) in [6.07, 6.45) is 10.7. The Bertz CT molecular complexity index is 2790. The van der Waals surface area contributed by atoms with Gasteiger partial charge in [0.2, 0.25) is 5.82 Å². The first-order chi connectivity index (χ1) is 26.9. The molecule has 7 aromatic rings. The molecular formula is C42H26N12. The Morgan fingerprint density at radius 1 is 0.389 bits per heavy atom. The van der Waals surface area contributed by atoms with Gasteiger partial charge >= 0.3 is 0 Å². The fourth-order valence-electron chi connectivity index (χ4n) is 7.18. The molecule has 12 heteroatoms. The minimum atomic E-state index is 0.462. The Labute approximate surface area is 308 Å². The zero-order valence-corrected chi connectivity index (χ0v) is 28.4. The van der Waals surface area contributed by atoms with Gasteiger partial charge < -0.3 is 0 Å². The number of hydrogen-bond acceptors (Lipinski definition) is 12. The van der Waals surface area contributed by atoms with E-state index in [4.69, 9.17) is 29.9 Å². The van der Waals surface area contributed by atoms with Crippen molar-refractivity contribution in [3.05, 3.63) is 192 Å². The average molecular weight is 699 g/mol. The first kappa shape index (κ1) is 30.9. The first-order valence-corrected chi connectivity index (χ1v) is 17.2. The summed E-state index contributed by atoms with van der Waals surface area (Å²) in [5.74, 6) is 0.462. The highest BCUT2D eigenvalue weighted by Crippen LogP contribution is 2.52. The van der Waals surface area contributed by atoms with Crippen molar-refractivity contribution in [3.63, 3.8) is 0 Å². The predicted molar refractivity (Wildman–Crippen MR) is 203 cm³/mol. The maximum atomic E-state index is 5.01. The van der Waals surface area contributed by atoms with Crippen molar-refractivity contribution in [1.29, 1.82) is 0 Å². The molecule has 12 nitrogen and oxygen atoms in total. The predicted octanol–water partition coefficient (Wildman–Crippen LogP) is 7.04. The zero-order chi connectivity index (χ0) is 35.8. The molecule has 0 amide bonds. The lowest BCUT2D eigenvalue weighted by atomic mass is 9.82. The van der Waals surface area contributed by atoms with E-state index in [1.54, 1.807) is 42.3 Å². The second-order valence-electron chi connectivity index (χ2n) is 12.3. The Hall–Kier alpha value is -7.86. The topological polar surface area (TPSA) is 133 Å². The third-order valence-corrected chi connectivity index (χ3v) is 9.30. The van der Waals surface area contributed by atoms with Crippen LogP contribution in [0.2, 0.25) is 0 Å². The van der Waals surface area contributed by atoms with Gasteiger partial charge in [0.25, 0.3) is 0 Å². The molecule has 0 unspecified atom stereocenters. The Kier molecular flexibility index (Phi) is 7.46. The van der Waals surface area contributed by atoms with E-state index in [0.717, 1.165) is 61.1 Å². The highest BCUT2D eigenvalue weighted by atomic mass is 15.9. The molecule has 10 rings (SSSR count). The third-order valence-electron chi connectivity index (χ3n) is 9.30. The van der Waals surface area contributed by atoms with Crippen molar-refractivity contribution in [2.45, 2.75) is 0 Å². The van der Waals surface area contributed by atoms with Gasteiger partial charge in [0.15, 0.2) is 0 Å². The molecule has 3 aliphatic heterocycles. The third kappa shape index (κ3) is 5.00. The largest absolute Gasteiger partial charge is 0.256 e. The van der Waals surface area contributed by atoms with Gasteiger partial charge in [-0.25, -0.2) is 5.01 Å². The lowest BCUT2D eigenvalue weighted by molar-refractivity contribution is 0.150. The van der Waals surface area contributed by atoms with Crippen molar-refractivity contribution < 1.29 is 0 Å². The van der Waals surface area contributed by atoms with Gasteiger partial charge in [-0.15, -0.1) is 10.2 Å². The lowest BCUT2D eigenvalue weighted by Crippen LogP contribution is -2.51. The van der Waals surface area contributed by atoms with E-state index in [0.29, 0.717) is 28.6 Å². The maximum absolute atomic E-state index is 5.01. The van der Waals surface area contributed by atoms with Crippen LogP contribution in [0.1, 0.15) is 22.8 Å². The van der Waals surface area contributed by atoms with Crippen molar-refractivity contribution in [3.8, 4) is 22.5 Å². The second kappa shape index (κ2) is 13.0. The minimum Gasteiger partial charge on any atom is -0.256 e. The van der Waals surface area contributed by atoms with Crippen molar-refractivity contribution in [1.82, 2.24) is 40.0 Å². The summed E-state index contributed by atoms with van der Waals surface area (Å²) in [6, 6.07) is 39.3. The summed E-state index contributed by atoms with van der Waals surface area (Å²) in [7, 11) is 0. The van der Waals surface area contributed by atoms with Crippen LogP contribution >= 0.6 is 0 Å². The summed E-state index contributed by atoms with van der Waals surface area (Å²) < 4.78 is 0. The van der Waals surface area contributed by atoms with Gasteiger partial charge in [0, 0.05) is 75.5 Å². The highest BCUT2D eigenvalue weighted by Gasteiger charge is 2.43. The van der Waals surface area contributed by atoms with Crippen LogP contribution in [0.3, 0.4) is 0 Å². The number of fused-ring (bicyclic) bond motifs is 4. The molecule has 0 saturated heterocycles. The van der Waals surface area contributed by atoms with Crippen molar-refractivity contribution >= 4 is 33.9 Å². The Morgan fingerprint density at radius 2 is 0.889 bits per heavy atom. The number of benzene rings is 1. The molecule has 0 N–H and O–H groups in total. The number of allylic oxidation sites excluding steroid dienone is 2. The van der Waals surface area contributed by atoms with Crippen molar-refractivity contribution in [2.75, 3.05) is 0 Å². The van der Waals surface area contributed by atoms with Crippen LogP contribution in [0, 0.1) is 0 Å². The van der Waals surface area contributed by atoms with Crippen LogP contribution in [0.5, 0.6) is 0 Å². The molecule has 0 atom stereocenters. The Balaban J connectivity index is 1.52. The van der Waals surface area contributed by atoms with E-state index in [-0.39, 0.29) is 0 Å². The number of hydrogen-bond donors (Lipinski definition) is 0. The molecule has 54 heavy (non-hydrogen) atoms. The van der Waals surface area contributed by atoms with Crippen LogP contribution in [-0.2, 0) is 0 Å². The summed E-state index contributed by atoms with van der Waals surface area (Å²) in [4.78, 5) is 29.7. The SMILES string of the molecule is c1ccc(C2=C(c3ccccn3)C3=c4c(-c5ccccn5)c(-c5ccccn5)ccc4=C4N=NN=NN4N3C(c3ccccn3)=C2c2ccccn2)nc1. The van der Waals surface area contributed by atoms with E-state index in [2.05, 4.69) is 26.9 Å². The molecule has 0 saturated carbocycles. The molecule has 0 radical (unpaired) electrons. The normalized spacial score (nSPS) is 14.6. The van der Waals surface area contributed by atoms with Crippen LogP contribution in [0.15, 0.2) is 179 Å². The molecule has 0 spiro atoms. The Morgan fingerprint density at radius 3 is 1.44 bits per heavy atom. The number of pyridine rings is 6. The number of aromatic nitrogens is 6. The fraction of sp³-hybridized carbons (Fsp3) is 0. The van der Waals surface area contributed by atoms with Gasteiger partial charge in [-0.2, -0.15) is 0 Å². The molecule has 6 aromatic heterocycles. The first-order valence-electron chi connectivity index (χ1n) is 17.2. The monoisotopic (exact) mass is 698 g/mol. The highest BCUT2D eigenvalue weighted by molar-refractivity contribution is 6.30. The van der Waals surface area contributed by atoms with Crippen LogP contribution in [-0.4, -0.2) is 40.0 Å². The number of nitrogens with zero attached hydrogens (tertiary/aromatic N) is 12. The quantitative estimate of drug-likeness (QED) is 0.181. The van der Waals surface area contributed by atoms with E-state index < -0.39 is 0 Å². The molecular weight excluding hydrogens is 673 g/mol. The van der Waals surface area contributed by atoms with Gasteiger partial charge in [-0.1, -0.05) is 42.5 Å². The number of hydrazine groups is 1. The lowest BCUT2D eigenvalue weighted by Gasteiger charge is -2.43. The van der Waals surface area contributed by atoms with Gasteiger partial charge in [-0.3, -0.25) is 29.9 Å². The minimum absolute atomic E-state index is 0.462. The van der Waals surface area contributed by atoms with E-state index in [1.807, 2.05) is 120 Å².